The third-order valence-corrected chi connectivity index (χ3v) is 4.57. The van der Waals surface area contributed by atoms with Gasteiger partial charge in [-0.1, -0.05) is 17.7 Å². The minimum atomic E-state index is -4.10. The number of carbonyl (C=O) groups is 1. The molecule has 0 atom stereocenters. The molecular weight excluding hydrogens is 318 g/mol. The van der Waals surface area contributed by atoms with Crippen molar-refractivity contribution >= 4 is 33.3 Å². The predicted molar refractivity (Wildman–Crippen MR) is 77.3 cm³/mol. The Morgan fingerprint density at radius 2 is 2.05 bits per heavy atom. The average molecular weight is 330 g/mol. The maximum absolute atomic E-state index is 12.4. The molecule has 7 nitrogen and oxygen atoms in total. The summed E-state index contributed by atoms with van der Waals surface area (Å²) in [5.74, 6) is -1.43. The molecule has 2 aromatic rings. The fraction of sp³-hybridized carbons (Fsp3) is 0.167. The lowest BCUT2D eigenvalue weighted by atomic mass is 10.2. The summed E-state index contributed by atoms with van der Waals surface area (Å²) in [5, 5.41) is 15.2. The van der Waals surface area contributed by atoms with Gasteiger partial charge in [-0.2, -0.15) is 5.10 Å². The number of sulfonamides is 1. The Balaban J connectivity index is 2.51. The van der Waals surface area contributed by atoms with E-state index in [1.54, 1.807) is 19.1 Å². The molecule has 0 fully saturated rings. The molecule has 2 rings (SSSR count). The molecule has 1 heterocycles. The summed E-state index contributed by atoms with van der Waals surface area (Å²) in [7, 11) is -4.10. The number of carboxylic acids is 1. The third kappa shape index (κ3) is 3.01. The highest BCUT2D eigenvalue weighted by Gasteiger charge is 2.28. The van der Waals surface area contributed by atoms with E-state index in [-0.39, 0.29) is 11.4 Å². The van der Waals surface area contributed by atoms with E-state index in [0.717, 1.165) is 0 Å². The Kier molecular flexibility index (Phi) is 3.93. The van der Waals surface area contributed by atoms with Crippen LogP contribution in [0, 0.1) is 13.8 Å². The number of H-pyrrole nitrogens is 1. The van der Waals surface area contributed by atoms with Crippen LogP contribution in [-0.4, -0.2) is 29.7 Å². The number of aromatic nitrogens is 2. The first-order chi connectivity index (χ1) is 9.72. The van der Waals surface area contributed by atoms with Crippen molar-refractivity contribution in [2.45, 2.75) is 18.7 Å². The molecule has 1 aromatic heterocycles. The molecule has 3 N–H and O–H groups in total. The van der Waals surface area contributed by atoms with Crippen LogP contribution < -0.4 is 4.72 Å². The largest absolute Gasteiger partial charge is 0.476 e. The number of rotatable bonds is 4. The fourth-order valence-corrected chi connectivity index (χ4v) is 3.41. The van der Waals surface area contributed by atoms with E-state index in [9.17, 15) is 13.2 Å². The van der Waals surface area contributed by atoms with Gasteiger partial charge in [-0.25, -0.2) is 13.2 Å². The third-order valence-electron chi connectivity index (χ3n) is 2.81. The molecule has 0 unspecified atom stereocenters. The van der Waals surface area contributed by atoms with Gasteiger partial charge in [0.15, 0.2) is 5.69 Å². The maximum Gasteiger partial charge on any atom is 0.357 e. The van der Waals surface area contributed by atoms with Crippen molar-refractivity contribution in [2.24, 2.45) is 0 Å². The zero-order valence-corrected chi connectivity index (χ0v) is 12.7. The highest BCUT2D eigenvalue weighted by molar-refractivity contribution is 7.92. The lowest BCUT2D eigenvalue weighted by Gasteiger charge is -2.11. The second kappa shape index (κ2) is 5.38. The van der Waals surface area contributed by atoms with E-state index in [0.29, 0.717) is 10.6 Å². The van der Waals surface area contributed by atoms with E-state index >= 15 is 0 Å². The number of nitrogens with one attached hydrogen (secondary N) is 2. The molecule has 0 aliphatic carbocycles. The van der Waals surface area contributed by atoms with Crippen LogP contribution in [0.25, 0.3) is 0 Å². The number of aryl methyl sites for hydroxylation is 2. The molecule has 0 saturated carbocycles. The van der Waals surface area contributed by atoms with Crippen LogP contribution >= 0.6 is 11.6 Å². The Bertz CT molecular complexity index is 814. The van der Waals surface area contributed by atoms with Crippen LogP contribution in [0.4, 0.5) is 5.69 Å². The summed E-state index contributed by atoms with van der Waals surface area (Å²) in [6, 6.07) is 4.73. The van der Waals surface area contributed by atoms with Crippen molar-refractivity contribution in [1.29, 1.82) is 0 Å². The van der Waals surface area contributed by atoms with Gasteiger partial charge in [0.05, 0.1) is 11.4 Å². The van der Waals surface area contributed by atoms with Crippen molar-refractivity contribution in [3.8, 4) is 0 Å². The number of hydrogen-bond acceptors (Lipinski definition) is 4. The molecule has 0 aliphatic heterocycles. The van der Waals surface area contributed by atoms with Gasteiger partial charge < -0.3 is 5.11 Å². The summed E-state index contributed by atoms with van der Waals surface area (Å²) in [4.78, 5) is 10.7. The number of halogens is 1. The van der Waals surface area contributed by atoms with Crippen molar-refractivity contribution in [1.82, 2.24) is 10.2 Å². The van der Waals surface area contributed by atoms with Gasteiger partial charge in [-0.15, -0.1) is 0 Å². The highest BCUT2D eigenvalue weighted by atomic mass is 35.5. The van der Waals surface area contributed by atoms with Crippen molar-refractivity contribution in [3.05, 3.63) is 40.2 Å². The number of nitrogens with zero attached hydrogens (tertiary/aromatic N) is 1. The Morgan fingerprint density at radius 1 is 1.38 bits per heavy atom. The van der Waals surface area contributed by atoms with E-state index < -0.39 is 26.6 Å². The summed E-state index contributed by atoms with van der Waals surface area (Å²) in [6.07, 6.45) is 0. The second-order valence-corrected chi connectivity index (χ2v) is 6.45. The Morgan fingerprint density at radius 3 is 2.67 bits per heavy atom. The first kappa shape index (κ1) is 15.3. The summed E-state index contributed by atoms with van der Waals surface area (Å²) < 4.78 is 27.1. The van der Waals surface area contributed by atoms with Crippen LogP contribution in [0.3, 0.4) is 0 Å². The Labute approximate surface area is 126 Å². The van der Waals surface area contributed by atoms with Crippen molar-refractivity contribution in [2.75, 3.05) is 4.72 Å². The number of aromatic amines is 1. The number of anilines is 1. The zero-order chi connectivity index (χ0) is 15.8. The molecule has 1 aromatic carbocycles. The van der Waals surface area contributed by atoms with E-state index in [4.69, 9.17) is 16.7 Å². The van der Waals surface area contributed by atoms with Crippen LogP contribution in [0.2, 0.25) is 5.02 Å². The maximum atomic E-state index is 12.4. The van der Waals surface area contributed by atoms with Gasteiger partial charge in [0.1, 0.15) is 4.90 Å². The first-order valence-electron chi connectivity index (χ1n) is 5.79. The molecule has 0 saturated heterocycles. The zero-order valence-electron chi connectivity index (χ0n) is 11.1. The van der Waals surface area contributed by atoms with Gasteiger partial charge in [-0.3, -0.25) is 9.82 Å². The fourth-order valence-electron chi connectivity index (χ4n) is 1.79. The van der Waals surface area contributed by atoms with Crippen LogP contribution in [0.15, 0.2) is 23.1 Å². The molecule has 9 heteroatoms. The molecule has 0 radical (unpaired) electrons. The van der Waals surface area contributed by atoms with Crippen LogP contribution in [0.5, 0.6) is 0 Å². The molecule has 0 bridgehead atoms. The topological polar surface area (TPSA) is 112 Å². The lowest BCUT2D eigenvalue weighted by molar-refractivity contribution is 0.0686. The Hall–Kier alpha value is -2.06. The average Bonchev–Trinajstić information content (AvgIpc) is 2.76. The van der Waals surface area contributed by atoms with Gasteiger partial charge in [0.2, 0.25) is 0 Å². The first-order valence-corrected chi connectivity index (χ1v) is 7.65. The number of aromatic carboxylic acids is 1. The summed E-state index contributed by atoms with van der Waals surface area (Å²) >= 11 is 5.84. The van der Waals surface area contributed by atoms with E-state index in [2.05, 4.69) is 14.9 Å². The van der Waals surface area contributed by atoms with Gasteiger partial charge in [-0.05, 0) is 31.5 Å². The van der Waals surface area contributed by atoms with Crippen molar-refractivity contribution in [3.63, 3.8) is 0 Å². The molecular formula is C12H12ClN3O4S. The smallest absolute Gasteiger partial charge is 0.357 e. The van der Waals surface area contributed by atoms with E-state index in [1.165, 1.54) is 13.0 Å². The highest BCUT2D eigenvalue weighted by Crippen LogP contribution is 2.25. The molecule has 0 amide bonds. The number of carboxylic acid groups (broad SMARTS) is 1. The number of hydrogen-bond donors (Lipinski definition) is 3. The normalized spacial score (nSPS) is 11.4. The summed E-state index contributed by atoms with van der Waals surface area (Å²) in [5.41, 5.74) is 0.514. The monoisotopic (exact) mass is 329 g/mol. The molecule has 0 aliphatic rings. The quantitative estimate of drug-likeness (QED) is 0.795. The van der Waals surface area contributed by atoms with Gasteiger partial charge in [0.25, 0.3) is 10.0 Å². The standard InChI is InChI=1S/C12H12ClN3O4S/c1-6-3-4-8(13)5-9(6)16-21(19,20)11-7(2)14-15-10(11)12(17)18/h3-5,16H,1-2H3,(H,14,15)(H,17,18). The van der Waals surface area contributed by atoms with Crippen molar-refractivity contribution < 1.29 is 18.3 Å². The minimum absolute atomic E-state index is 0.139. The minimum Gasteiger partial charge on any atom is -0.476 e. The van der Waals surface area contributed by atoms with Crippen LogP contribution in [-0.2, 0) is 10.0 Å². The molecule has 0 spiro atoms. The van der Waals surface area contributed by atoms with Crippen LogP contribution in [0.1, 0.15) is 21.7 Å². The van der Waals surface area contributed by atoms with Gasteiger partial charge >= 0.3 is 5.97 Å². The van der Waals surface area contributed by atoms with Gasteiger partial charge in [0, 0.05) is 5.02 Å². The molecule has 112 valence electrons. The summed E-state index contributed by atoms with van der Waals surface area (Å²) in [6.45, 7) is 3.13. The van der Waals surface area contributed by atoms with E-state index in [1.807, 2.05) is 0 Å². The SMILES string of the molecule is Cc1ccc(Cl)cc1NS(=O)(=O)c1c(C(=O)O)n[nH]c1C. The second-order valence-electron chi connectivity index (χ2n) is 4.40. The molecule has 21 heavy (non-hydrogen) atoms. The number of benzene rings is 1. The predicted octanol–water partition coefficient (Wildman–Crippen LogP) is 2.18. The lowest BCUT2D eigenvalue weighted by Crippen LogP contribution is -2.17.